The van der Waals surface area contributed by atoms with E-state index in [2.05, 4.69) is 11.4 Å². The number of carbonyl (C=O) groups is 1. The predicted molar refractivity (Wildman–Crippen MR) is 130 cm³/mol. The Bertz CT molecular complexity index is 1410. The summed E-state index contributed by atoms with van der Waals surface area (Å²) in [6, 6.07) is 12.2. The Labute approximate surface area is 200 Å². The molecule has 0 bridgehead atoms. The van der Waals surface area contributed by atoms with Crippen LogP contribution in [0.2, 0.25) is 0 Å². The molecule has 9 heteroatoms. The normalized spacial score (nSPS) is 13.0. The van der Waals surface area contributed by atoms with Crippen LogP contribution in [0.25, 0.3) is 11.8 Å². The molecule has 2 aromatic heterocycles. The molecule has 170 valence electrons. The van der Waals surface area contributed by atoms with E-state index in [-0.39, 0.29) is 11.3 Å². The molecule has 8 nitrogen and oxygen atoms in total. The van der Waals surface area contributed by atoms with Crippen LogP contribution in [0.15, 0.2) is 35.9 Å². The molecule has 2 heterocycles. The lowest BCUT2D eigenvalue weighted by atomic mass is 9.96. The van der Waals surface area contributed by atoms with E-state index >= 15 is 0 Å². The zero-order valence-electron chi connectivity index (χ0n) is 18.7. The number of nitrogens with zero attached hydrogens (tertiary/aromatic N) is 4. The number of benzene rings is 1. The molecule has 1 N–H and O–H groups in total. The number of anilines is 1. The van der Waals surface area contributed by atoms with Crippen molar-refractivity contribution in [2.24, 2.45) is 0 Å². The maximum Gasteiger partial charge on any atom is 0.269 e. The molecule has 0 saturated carbocycles. The summed E-state index contributed by atoms with van der Waals surface area (Å²) in [5, 5.41) is 33.5. The van der Waals surface area contributed by atoms with E-state index in [9.17, 15) is 25.4 Å². The number of fused-ring (bicyclic) bond motifs is 1. The van der Waals surface area contributed by atoms with Crippen molar-refractivity contribution in [3.63, 3.8) is 0 Å². The lowest BCUT2D eigenvalue weighted by Crippen LogP contribution is -2.13. The third-order valence-corrected chi connectivity index (χ3v) is 7.17. The van der Waals surface area contributed by atoms with Gasteiger partial charge in [0.05, 0.1) is 10.5 Å². The molecule has 1 aromatic carbocycles. The molecule has 0 radical (unpaired) electrons. The van der Waals surface area contributed by atoms with Crippen LogP contribution >= 0.6 is 11.3 Å². The zero-order chi connectivity index (χ0) is 24.4. The van der Waals surface area contributed by atoms with Crippen molar-refractivity contribution in [1.82, 2.24) is 4.57 Å². The Morgan fingerprint density at radius 2 is 1.91 bits per heavy atom. The third kappa shape index (κ3) is 4.21. The number of carbonyl (C=O) groups excluding carboxylic acids is 1. The van der Waals surface area contributed by atoms with Crippen LogP contribution in [0.5, 0.6) is 0 Å². The van der Waals surface area contributed by atoms with Crippen molar-refractivity contribution < 1.29 is 9.72 Å². The SMILES string of the molecule is Cc1cc(/C=C(/C#N)C(=O)Nc2sc3c(c2C#N)CCCC3)c(C)n1-c1ccc([N+](=O)[O-])cc1. The van der Waals surface area contributed by atoms with Gasteiger partial charge in [-0.3, -0.25) is 14.9 Å². The zero-order valence-corrected chi connectivity index (χ0v) is 19.5. The fourth-order valence-corrected chi connectivity index (χ4v) is 5.54. The summed E-state index contributed by atoms with van der Waals surface area (Å²) in [6.07, 6.45) is 5.36. The lowest BCUT2D eigenvalue weighted by Gasteiger charge is -2.09. The molecule has 0 fully saturated rings. The van der Waals surface area contributed by atoms with Crippen LogP contribution < -0.4 is 5.32 Å². The van der Waals surface area contributed by atoms with Gasteiger partial charge in [0.1, 0.15) is 22.7 Å². The van der Waals surface area contributed by atoms with Gasteiger partial charge in [-0.1, -0.05) is 0 Å². The van der Waals surface area contributed by atoms with Crippen molar-refractivity contribution >= 4 is 34.0 Å². The highest BCUT2D eigenvalue weighted by Crippen LogP contribution is 2.37. The standard InChI is InChI=1S/C25H21N5O3S/c1-15-11-17(16(2)29(15)19-7-9-20(10-8-19)30(32)33)12-18(13-26)24(31)28-25-22(14-27)21-5-3-4-6-23(21)34-25/h7-12H,3-6H2,1-2H3,(H,28,31)/b18-12-. The highest BCUT2D eigenvalue weighted by atomic mass is 32.1. The summed E-state index contributed by atoms with van der Waals surface area (Å²) in [5.74, 6) is -0.558. The van der Waals surface area contributed by atoms with Crippen LogP contribution in [0.4, 0.5) is 10.7 Å². The first-order chi connectivity index (χ1) is 16.3. The number of non-ortho nitro benzene ring substituents is 1. The van der Waals surface area contributed by atoms with Gasteiger partial charge in [0.25, 0.3) is 11.6 Å². The van der Waals surface area contributed by atoms with E-state index in [1.807, 2.05) is 30.6 Å². The molecule has 0 aliphatic heterocycles. The van der Waals surface area contributed by atoms with Crippen LogP contribution in [0, 0.1) is 46.6 Å². The summed E-state index contributed by atoms with van der Waals surface area (Å²) in [4.78, 5) is 24.5. The third-order valence-electron chi connectivity index (χ3n) is 5.96. The minimum absolute atomic E-state index is 0.00163. The van der Waals surface area contributed by atoms with E-state index in [4.69, 9.17) is 0 Å². The molecule has 0 unspecified atom stereocenters. The average Bonchev–Trinajstić information content (AvgIpc) is 3.32. The summed E-state index contributed by atoms with van der Waals surface area (Å²) < 4.78 is 1.91. The lowest BCUT2D eigenvalue weighted by molar-refractivity contribution is -0.384. The highest BCUT2D eigenvalue weighted by molar-refractivity contribution is 7.16. The first-order valence-electron chi connectivity index (χ1n) is 10.8. The Morgan fingerprint density at radius 1 is 1.21 bits per heavy atom. The number of hydrogen-bond donors (Lipinski definition) is 1. The first kappa shape index (κ1) is 23.0. The molecule has 0 spiro atoms. The minimum Gasteiger partial charge on any atom is -0.318 e. The number of aromatic nitrogens is 1. The molecule has 1 aliphatic rings. The van der Waals surface area contributed by atoms with Crippen LogP contribution in [-0.2, 0) is 17.6 Å². The van der Waals surface area contributed by atoms with Gasteiger partial charge in [-0.2, -0.15) is 10.5 Å². The van der Waals surface area contributed by atoms with E-state index in [1.165, 1.54) is 29.5 Å². The smallest absolute Gasteiger partial charge is 0.269 e. The molecule has 0 atom stereocenters. The Kier molecular flexibility index (Phi) is 6.31. The van der Waals surface area contributed by atoms with Crippen molar-refractivity contribution in [3.8, 4) is 17.8 Å². The van der Waals surface area contributed by atoms with Gasteiger partial charge in [0.15, 0.2) is 0 Å². The number of nitriles is 2. The maximum atomic E-state index is 12.9. The van der Waals surface area contributed by atoms with Gasteiger partial charge >= 0.3 is 0 Å². The van der Waals surface area contributed by atoms with Gasteiger partial charge in [-0.25, -0.2) is 0 Å². The van der Waals surface area contributed by atoms with Gasteiger partial charge in [0, 0.05) is 34.1 Å². The van der Waals surface area contributed by atoms with Gasteiger partial charge in [-0.15, -0.1) is 11.3 Å². The van der Waals surface area contributed by atoms with Crippen LogP contribution in [0.1, 0.15) is 45.8 Å². The monoisotopic (exact) mass is 471 g/mol. The number of rotatable bonds is 5. The molecular formula is C25H21N5O3S. The molecule has 0 saturated heterocycles. The summed E-state index contributed by atoms with van der Waals surface area (Å²) in [5.41, 5.74) is 4.52. The molecular weight excluding hydrogens is 450 g/mol. The molecule has 4 rings (SSSR count). The number of nitro benzene ring substituents is 1. The quantitative estimate of drug-likeness (QED) is 0.232. The highest BCUT2D eigenvalue weighted by Gasteiger charge is 2.23. The topological polar surface area (TPSA) is 125 Å². The fraction of sp³-hybridized carbons (Fsp3) is 0.240. The Balaban J connectivity index is 1.63. The van der Waals surface area contributed by atoms with E-state index < -0.39 is 10.8 Å². The number of hydrogen-bond acceptors (Lipinski definition) is 6. The average molecular weight is 472 g/mol. The Hall–Kier alpha value is -4.21. The summed E-state index contributed by atoms with van der Waals surface area (Å²) in [6.45, 7) is 3.74. The molecule has 34 heavy (non-hydrogen) atoms. The second kappa shape index (κ2) is 9.34. The van der Waals surface area contributed by atoms with Crippen molar-refractivity contribution in [1.29, 1.82) is 10.5 Å². The van der Waals surface area contributed by atoms with Crippen molar-refractivity contribution in [2.75, 3.05) is 5.32 Å². The summed E-state index contributed by atoms with van der Waals surface area (Å²) in [7, 11) is 0. The van der Waals surface area contributed by atoms with Crippen LogP contribution in [0.3, 0.4) is 0 Å². The minimum atomic E-state index is -0.558. The first-order valence-corrected chi connectivity index (χ1v) is 11.6. The second-order valence-electron chi connectivity index (χ2n) is 8.09. The molecule has 1 aliphatic carbocycles. The molecule has 1 amide bonds. The van der Waals surface area contributed by atoms with Gasteiger partial charge in [-0.05, 0) is 74.9 Å². The fourth-order valence-electron chi connectivity index (χ4n) is 4.30. The van der Waals surface area contributed by atoms with E-state index in [0.29, 0.717) is 16.1 Å². The molecule has 3 aromatic rings. The van der Waals surface area contributed by atoms with Gasteiger partial charge in [0.2, 0.25) is 0 Å². The predicted octanol–water partition coefficient (Wildman–Crippen LogP) is 5.36. The number of nitrogens with one attached hydrogen (secondary N) is 1. The van der Waals surface area contributed by atoms with E-state index in [1.54, 1.807) is 12.1 Å². The van der Waals surface area contributed by atoms with Gasteiger partial charge < -0.3 is 9.88 Å². The Morgan fingerprint density at radius 3 is 2.56 bits per heavy atom. The van der Waals surface area contributed by atoms with Crippen LogP contribution in [-0.4, -0.2) is 15.4 Å². The number of nitro groups is 1. The number of aryl methyl sites for hydroxylation is 2. The maximum absolute atomic E-state index is 12.9. The van der Waals surface area contributed by atoms with Crippen molar-refractivity contribution in [2.45, 2.75) is 39.5 Å². The van der Waals surface area contributed by atoms with E-state index in [0.717, 1.165) is 53.2 Å². The summed E-state index contributed by atoms with van der Waals surface area (Å²) >= 11 is 1.42. The largest absolute Gasteiger partial charge is 0.318 e. The second-order valence-corrected chi connectivity index (χ2v) is 9.19. The number of thiophene rings is 1. The number of amides is 1. The van der Waals surface area contributed by atoms with Crippen molar-refractivity contribution in [3.05, 3.63) is 79.0 Å².